The van der Waals surface area contributed by atoms with E-state index in [0.717, 1.165) is 25.7 Å². The molecule has 0 aromatic carbocycles. The van der Waals surface area contributed by atoms with Crippen LogP contribution in [0.3, 0.4) is 0 Å². The molecule has 0 radical (unpaired) electrons. The number of hydrogen-bond donors (Lipinski definition) is 2. The van der Waals surface area contributed by atoms with Crippen molar-refractivity contribution in [2.75, 3.05) is 13.2 Å². The summed E-state index contributed by atoms with van der Waals surface area (Å²) in [6.45, 7) is 7.93. The molecule has 0 aromatic rings. The number of hydrogen-bond acceptors (Lipinski definition) is 3. The largest absolute Gasteiger partial charge is 0.389 e. The second-order valence-electron chi connectivity index (χ2n) is 7.32. The Balaban J connectivity index is 2.20. The molecule has 0 amide bonds. The maximum absolute atomic E-state index is 11.3. The van der Waals surface area contributed by atoms with Crippen LogP contribution in [0.1, 0.15) is 59.3 Å². The van der Waals surface area contributed by atoms with Crippen molar-refractivity contribution in [1.82, 2.24) is 0 Å². The van der Waals surface area contributed by atoms with Gasteiger partial charge in [-0.2, -0.15) is 0 Å². The normalized spacial score (nSPS) is 44.5. The Morgan fingerprint density at radius 2 is 2.05 bits per heavy atom. The molecule has 1 heterocycles. The summed E-state index contributed by atoms with van der Waals surface area (Å²) in [5.74, 6) is 1.14. The van der Waals surface area contributed by atoms with E-state index in [4.69, 9.17) is 10.5 Å². The van der Waals surface area contributed by atoms with Gasteiger partial charge in [-0.15, -0.1) is 0 Å². The molecule has 2 fully saturated rings. The third kappa shape index (κ3) is 2.84. The lowest BCUT2D eigenvalue weighted by Gasteiger charge is -2.54. The highest BCUT2D eigenvalue weighted by Crippen LogP contribution is 2.51. The molecule has 3 nitrogen and oxygen atoms in total. The molecule has 3 N–H and O–H groups in total. The molecule has 0 bridgehead atoms. The van der Waals surface area contributed by atoms with Crippen molar-refractivity contribution in [2.24, 2.45) is 23.0 Å². The average Bonchev–Trinajstić information content (AvgIpc) is 2.38. The molecule has 0 spiro atoms. The second kappa shape index (κ2) is 5.71. The fourth-order valence-electron chi connectivity index (χ4n) is 4.24. The first-order chi connectivity index (χ1) is 8.92. The van der Waals surface area contributed by atoms with Gasteiger partial charge in [0.25, 0.3) is 0 Å². The molecule has 4 atom stereocenters. The van der Waals surface area contributed by atoms with Crippen molar-refractivity contribution in [3.63, 3.8) is 0 Å². The van der Waals surface area contributed by atoms with Crippen LogP contribution in [0.2, 0.25) is 0 Å². The fourth-order valence-corrected chi connectivity index (χ4v) is 4.24. The zero-order valence-corrected chi connectivity index (χ0v) is 12.8. The van der Waals surface area contributed by atoms with E-state index >= 15 is 0 Å². The van der Waals surface area contributed by atoms with E-state index in [2.05, 4.69) is 20.8 Å². The van der Waals surface area contributed by atoms with Gasteiger partial charge in [0.2, 0.25) is 0 Å². The van der Waals surface area contributed by atoms with Crippen LogP contribution in [0.25, 0.3) is 0 Å². The Hall–Kier alpha value is -0.120. The van der Waals surface area contributed by atoms with E-state index in [1.165, 1.54) is 12.8 Å². The van der Waals surface area contributed by atoms with Crippen LogP contribution in [-0.2, 0) is 4.74 Å². The summed E-state index contributed by atoms with van der Waals surface area (Å²) < 4.78 is 5.84. The fraction of sp³-hybridized carbons (Fsp3) is 1.00. The molecule has 1 saturated heterocycles. The van der Waals surface area contributed by atoms with Gasteiger partial charge in [-0.3, -0.25) is 0 Å². The molecule has 1 aliphatic carbocycles. The van der Waals surface area contributed by atoms with Gasteiger partial charge < -0.3 is 15.6 Å². The van der Waals surface area contributed by atoms with Gasteiger partial charge in [-0.1, -0.05) is 33.6 Å². The second-order valence-corrected chi connectivity index (χ2v) is 7.32. The maximum Gasteiger partial charge on any atom is 0.0762 e. The zero-order valence-electron chi connectivity index (χ0n) is 12.8. The van der Waals surface area contributed by atoms with Gasteiger partial charge in [0, 0.05) is 31.4 Å². The molecule has 3 heteroatoms. The van der Waals surface area contributed by atoms with Crippen LogP contribution >= 0.6 is 0 Å². The summed E-state index contributed by atoms with van der Waals surface area (Å²) in [6, 6.07) is 0. The zero-order chi connectivity index (χ0) is 14.1. The first-order valence-electron chi connectivity index (χ1n) is 7.96. The Morgan fingerprint density at radius 1 is 1.32 bits per heavy atom. The van der Waals surface area contributed by atoms with E-state index in [1.807, 2.05) is 0 Å². The summed E-state index contributed by atoms with van der Waals surface area (Å²) in [7, 11) is 0. The van der Waals surface area contributed by atoms with Gasteiger partial charge in [-0.05, 0) is 24.7 Å². The number of rotatable bonds is 3. The van der Waals surface area contributed by atoms with Crippen molar-refractivity contribution in [2.45, 2.75) is 71.0 Å². The minimum absolute atomic E-state index is 0.0818. The molecule has 2 rings (SSSR count). The SMILES string of the molecule is CC1CCCC(CN)(C2(O)CCOC(C(C)C)C2)C1. The molecular weight excluding hydrogens is 238 g/mol. The monoisotopic (exact) mass is 269 g/mol. The summed E-state index contributed by atoms with van der Waals surface area (Å²) in [5, 5.41) is 11.3. The van der Waals surface area contributed by atoms with Crippen molar-refractivity contribution in [3.8, 4) is 0 Å². The Morgan fingerprint density at radius 3 is 2.63 bits per heavy atom. The summed E-state index contributed by atoms with van der Waals surface area (Å²) in [5.41, 5.74) is 5.43. The van der Waals surface area contributed by atoms with Crippen LogP contribution < -0.4 is 5.73 Å². The van der Waals surface area contributed by atoms with Gasteiger partial charge in [0.1, 0.15) is 0 Å². The first kappa shape index (κ1) is 15.3. The summed E-state index contributed by atoms with van der Waals surface area (Å²) >= 11 is 0. The Kier molecular flexibility index (Phi) is 4.59. The molecule has 4 unspecified atom stereocenters. The van der Waals surface area contributed by atoms with Crippen LogP contribution in [0, 0.1) is 17.3 Å². The third-order valence-electron chi connectivity index (χ3n) is 5.60. The van der Waals surface area contributed by atoms with Gasteiger partial charge >= 0.3 is 0 Å². The molecule has 1 aliphatic heterocycles. The van der Waals surface area contributed by atoms with Gasteiger partial charge in [-0.25, -0.2) is 0 Å². The van der Waals surface area contributed by atoms with E-state index in [0.29, 0.717) is 25.0 Å². The molecule has 19 heavy (non-hydrogen) atoms. The molecular formula is C16H31NO2. The van der Waals surface area contributed by atoms with Gasteiger partial charge in [0.15, 0.2) is 0 Å². The molecule has 112 valence electrons. The Bertz CT molecular complexity index is 307. The van der Waals surface area contributed by atoms with Crippen molar-refractivity contribution in [1.29, 1.82) is 0 Å². The van der Waals surface area contributed by atoms with Crippen molar-refractivity contribution < 1.29 is 9.84 Å². The van der Waals surface area contributed by atoms with Crippen LogP contribution in [0.5, 0.6) is 0 Å². The third-order valence-corrected chi connectivity index (χ3v) is 5.60. The lowest BCUT2D eigenvalue weighted by atomic mass is 9.57. The van der Waals surface area contributed by atoms with Crippen LogP contribution in [0.4, 0.5) is 0 Å². The lowest BCUT2D eigenvalue weighted by molar-refractivity contribution is -0.186. The van der Waals surface area contributed by atoms with Crippen molar-refractivity contribution >= 4 is 0 Å². The van der Waals surface area contributed by atoms with E-state index in [1.54, 1.807) is 0 Å². The van der Waals surface area contributed by atoms with Gasteiger partial charge in [0.05, 0.1) is 11.7 Å². The highest BCUT2D eigenvalue weighted by molar-refractivity contribution is 5.04. The number of ether oxygens (including phenoxy) is 1. The lowest BCUT2D eigenvalue weighted by Crippen LogP contribution is -2.59. The van der Waals surface area contributed by atoms with E-state index < -0.39 is 5.60 Å². The predicted octanol–water partition coefficient (Wildman–Crippen LogP) is 2.71. The average molecular weight is 269 g/mol. The standard InChI is InChI=1S/C16H31NO2/c1-12(2)14-10-16(18,7-8-19-14)15(11-17)6-4-5-13(3)9-15/h12-14,18H,4-11,17H2,1-3H3. The first-order valence-corrected chi connectivity index (χ1v) is 7.96. The van der Waals surface area contributed by atoms with Crippen LogP contribution in [-0.4, -0.2) is 30.0 Å². The Labute approximate surface area is 117 Å². The predicted molar refractivity (Wildman–Crippen MR) is 77.9 cm³/mol. The number of nitrogens with two attached hydrogens (primary N) is 1. The van der Waals surface area contributed by atoms with Crippen molar-refractivity contribution in [3.05, 3.63) is 0 Å². The smallest absolute Gasteiger partial charge is 0.0762 e. The number of aliphatic hydroxyl groups is 1. The summed E-state index contributed by atoms with van der Waals surface area (Å²) in [4.78, 5) is 0. The minimum atomic E-state index is -0.621. The maximum atomic E-state index is 11.3. The minimum Gasteiger partial charge on any atom is -0.389 e. The topological polar surface area (TPSA) is 55.5 Å². The molecule has 1 saturated carbocycles. The van der Waals surface area contributed by atoms with Crippen LogP contribution in [0.15, 0.2) is 0 Å². The highest BCUT2D eigenvalue weighted by Gasteiger charge is 2.53. The molecule has 2 aliphatic rings. The molecule has 0 aromatic heterocycles. The highest BCUT2D eigenvalue weighted by atomic mass is 16.5. The summed E-state index contributed by atoms with van der Waals surface area (Å²) in [6.07, 6.45) is 6.32. The van der Waals surface area contributed by atoms with E-state index in [9.17, 15) is 5.11 Å². The van der Waals surface area contributed by atoms with E-state index in [-0.39, 0.29) is 11.5 Å². The quantitative estimate of drug-likeness (QED) is 0.828.